The molecule has 4 heteroatoms. The van der Waals surface area contributed by atoms with Gasteiger partial charge in [-0.2, -0.15) is 0 Å². The maximum atomic E-state index is 12.1. The predicted octanol–water partition coefficient (Wildman–Crippen LogP) is 1.44. The van der Waals surface area contributed by atoms with Gasteiger partial charge in [0.2, 0.25) is 5.91 Å². The van der Waals surface area contributed by atoms with Crippen molar-refractivity contribution < 1.29 is 9.53 Å². The molecule has 1 amide bonds. The van der Waals surface area contributed by atoms with Crippen LogP contribution in [-0.4, -0.2) is 31.2 Å². The lowest BCUT2D eigenvalue weighted by Gasteiger charge is -2.25. The van der Waals surface area contributed by atoms with Gasteiger partial charge in [0.1, 0.15) is 0 Å². The molecule has 1 aliphatic carbocycles. The highest BCUT2D eigenvalue weighted by atomic mass is 16.5. The van der Waals surface area contributed by atoms with Gasteiger partial charge in [0.25, 0.3) is 0 Å². The molecule has 0 radical (unpaired) electrons. The van der Waals surface area contributed by atoms with Crippen LogP contribution in [0.2, 0.25) is 0 Å². The van der Waals surface area contributed by atoms with Crippen LogP contribution in [0.4, 0.5) is 0 Å². The Labute approximate surface area is 110 Å². The smallest absolute Gasteiger partial charge is 0.227 e. The van der Waals surface area contributed by atoms with Crippen molar-refractivity contribution in [1.82, 2.24) is 5.32 Å². The molecule has 104 valence electrons. The van der Waals surface area contributed by atoms with Gasteiger partial charge in [-0.3, -0.25) is 4.79 Å². The molecule has 2 aliphatic rings. The third kappa shape index (κ3) is 3.45. The van der Waals surface area contributed by atoms with Crippen LogP contribution in [-0.2, 0) is 9.53 Å². The van der Waals surface area contributed by atoms with Crippen LogP contribution in [0.15, 0.2) is 0 Å². The summed E-state index contributed by atoms with van der Waals surface area (Å²) in [4.78, 5) is 12.1. The Bertz CT molecular complexity index is 275. The fourth-order valence-corrected chi connectivity index (χ4v) is 3.10. The number of nitrogens with two attached hydrogens (primary N) is 1. The van der Waals surface area contributed by atoms with Gasteiger partial charge in [-0.05, 0) is 25.7 Å². The summed E-state index contributed by atoms with van der Waals surface area (Å²) in [5, 5.41) is 3.15. The zero-order valence-corrected chi connectivity index (χ0v) is 11.4. The fraction of sp³-hybridized carbons (Fsp3) is 0.929. The topological polar surface area (TPSA) is 64.3 Å². The second kappa shape index (κ2) is 6.53. The largest absolute Gasteiger partial charge is 0.379 e. The Morgan fingerprint density at radius 1 is 1.22 bits per heavy atom. The summed E-state index contributed by atoms with van der Waals surface area (Å²) in [5.74, 6) is 0.560. The molecule has 0 bridgehead atoms. The molecular formula is C14H26N2O2. The molecule has 18 heavy (non-hydrogen) atoms. The van der Waals surface area contributed by atoms with E-state index in [-0.39, 0.29) is 23.9 Å². The van der Waals surface area contributed by atoms with Gasteiger partial charge < -0.3 is 15.8 Å². The van der Waals surface area contributed by atoms with Gasteiger partial charge >= 0.3 is 0 Å². The number of hydrogen-bond donors (Lipinski definition) is 2. The molecule has 3 atom stereocenters. The quantitative estimate of drug-likeness (QED) is 0.749. The van der Waals surface area contributed by atoms with Crippen molar-refractivity contribution in [1.29, 1.82) is 0 Å². The van der Waals surface area contributed by atoms with Crippen molar-refractivity contribution in [2.45, 2.75) is 57.5 Å². The lowest BCUT2D eigenvalue weighted by Crippen LogP contribution is -2.46. The van der Waals surface area contributed by atoms with Crippen molar-refractivity contribution in [3.05, 3.63) is 0 Å². The van der Waals surface area contributed by atoms with Crippen LogP contribution in [0.5, 0.6) is 0 Å². The van der Waals surface area contributed by atoms with Crippen molar-refractivity contribution in [3.63, 3.8) is 0 Å². The van der Waals surface area contributed by atoms with Gasteiger partial charge in [-0.15, -0.1) is 0 Å². The molecule has 0 aromatic carbocycles. The Hall–Kier alpha value is -0.610. The maximum Gasteiger partial charge on any atom is 0.227 e. The minimum Gasteiger partial charge on any atom is -0.379 e. The third-order valence-electron chi connectivity index (χ3n) is 4.44. The van der Waals surface area contributed by atoms with Crippen molar-refractivity contribution in [2.75, 3.05) is 13.2 Å². The van der Waals surface area contributed by atoms with E-state index in [2.05, 4.69) is 12.2 Å². The zero-order valence-electron chi connectivity index (χ0n) is 11.4. The van der Waals surface area contributed by atoms with Crippen LogP contribution < -0.4 is 11.1 Å². The van der Waals surface area contributed by atoms with E-state index in [9.17, 15) is 4.79 Å². The molecule has 1 heterocycles. The van der Waals surface area contributed by atoms with Crippen LogP contribution in [0, 0.1) is 11.8 Å². The first-order valence-electron chi connectivity index (χ1n) is 7.32. The Kier molecular flexibility index (Phi) is 5.01. The molecule has 0 aromatic rings. The third-order valence-corrected chi connectivity index (χ3v) is 4.44. The van der Waals surface area contributed by atoms with Crippen molar-refractivity contribution in [2.24, 2.45) is 17.6 Å². The fourth-order valence-electron chi connectivity index (χ4n) is 3.10. The molecule has 2 unspecified atom stereocenters. The lowest BCUT2D eigenvalue weighted by atomic mass is 9.92. The molecular weight excluding hydrogens is 228 g/mol. The number of carbonyl (C=O) groups excluding carboxylic acids is 1. The van der Waals surface area contributed by atoms with E-state index in [0.717, 1.165) is 0 Å². The van der Waals surface area contributed by atoms with E-state index < -0.39 is 0 Å². The number of ether oxygens (including phenoxy) is 1. The monoisotopic (exact) mass is 254 g/mol. The molecule has 0 spiro atoms. The highest BCUT2D eigenvalue weighted by Gasteiger charge is 2.32. The van der Waals surface area contributed by atoms with Gasteiger partial charge in [-0.25, -0.2) is 0 Å². The van der Waals surface area contributed by atoms with Crippen LogP contribution in [0.25, 0.3) is 0 Å². The summed E-state index contributed by atoms with van der Waals surface area (Å²) in [6.07, 6.45) is 7.79. The molecule has 3 N–H and O–H groups in total. The molecule has 4 nitrogen and oxygen atoms in total. The second-order valence-electron chi connectivity index (χ2n) is 5.86. The lowest BCUT2D eigenvalue weighted by molar-refractivity contribution is -0.126. The first-order chi connectivity index (χ1) is 8.68. The Morgan fingerprint density at radius 2 is 1.89 bits per heavy atom. The van der Waals surface area contributed by atoms with Gasteiger partial charge in [0.05, 0.1) is 19.1 Å². The minimum atomic E-state index is -0.154. The average molecular weight is 254 g/mol. The number of carbonyl (C=O) groups is 1. The summed E-state index contributed by atoms with van der Waals surface area (Å²) in [7, 11) is 0. The van der Waals surface area contributed by atoms with E-state index >= 15 is 0 Å². The second-order valence-corrected chi connectivity index (χ2v) is 5.86. The number of hydrogen-bond acceptors (Lipinski definition) is 3. The Balaban J connectivity index is 1.82. The summed E-state index contributed by atoms with van der Waals surface area (Å²) in [6.45, 7) is 3.12. The average Bonchev–Trinajstić information content (AvgIpc) is 2.63. The first kappa shape index (κ1) is 13.8. The summed E-state index contributed by atoms with van der Waals surface area (Å²) in [6, 6.07) is 0.134. The van der Waals surface area contributed by atoms with Gasteiger partial charge in [-0.1, -0.05) is 25.7 Å². The molecule has 2 fully saturated rings. The van der Waals surface area contributed by atoms with Crippen molar-refractivity contribution in [3.8, 4) is 0 Å². The van der Waals surface area contributed by atoms with E-state index in [1.165, 1.54) is 38.5 Å². The van der Waals surface area contributed by atoms with Crippen molar-refractivity contribution >= 4 is 5.91 Å². The van der Waals surface area contributed by atoms with Gasteiger partial charge in [0.15, 0.2) is 0 Å². The summed E-state index contributed by atoms with van der Waals surface area (Å²) in [5.41, 5.74) is 5.87. The highest BCUT2D eigenvalue weighted by Crippen LogP contribution is 2.25. The Morgan fingerprint density at radius 3 is 2.44 bits per heavy atom. The SMILES string of the molecule is C[C@H](NC(=O)C1COCC1N)C1CCCCCC1. The highest BCUT2D eigenvalue weighted by molar-refractivity contribution is 5.80. The number of rotatable bonds is 3. The van der Waals surface area contributed by atoms with Crippen LogP contribution in [0.3, 0.4) is 0 Å². The van der Waals surface area contributed by atoms with E-state index in [1.807, 2.05) is 0 Å². The number of nitrogens with one attached hydrogen (secondary N) is 1. The summed E-state index contributed by atoms with van der Waals surface area (Å²) < 4.78 is 5.25. The normalized spacial score (nSPS) is 31.9. The molecule has 2 rings (SSSR count). The first-order valence-corrected chi connectivity index (χ1v) is 7.32. The molecule has 1 saturated heterocycles. The van der Waals surface area contributed by atoms with E-state index in [1.54, 1.807) is 0 Å². The minimum absolute atomic E-state index is 0.0803. The molecule has 0 aromatic heterocycles. The van der Waals surface area contributed by atoms with E-state index in [4.69, 9.17) is 10.5 Å². The maximum absolute atomic E-state index is 12.1. The van der Waals surface area contributed by atoms with Crippen LogP contribution >= 0.6 is 0 Å². The number of amides is 1. The molecule has 1 aliphatic heterocycles. The zero-order chi connectivity index (χ0) is 13.0. The van der Waals surface area contributed by atoms with E-state index in [0.29, 0.717) is 19.1 Å². The standard InChI is InChI=1S/C14H26N2O2/c1-10(11-6-4-2-3-5-7-11)16-14(17)12-8-18-9-13(12)15/h10-13H,2-9,15H2,1H3,(H,16,17)/t10-,12?,13?/m0/s1. The predicted molar refractivity (Wildman–Crippen MR) is 71.1 cm³/mol. The summed E-state index contributed by atoms with van der Waals surface area (Å²) >= 11 is 0. The van der Waals surface area contributed by atoms with Gasteiger partial charge in [0, 0.05) is 12.1 Å². The van der Waals surface area contributed by atoms with Crippen LogP contribution in [0.1, 0.15) is 45.4 Å². The molecule has 1 saturated carbocycles.